The van der Waals surface area contributed by atoms with Crippen molar-refractivity contribution in [1.29, 1.82) is 0 Å². The number of halogens is 1. The molecule has 0 saturated carbocycles. The number of rotatable bonds is 3. The van der Waals surface area contributed by atoms with Gasteiger partial charge in [0.2, 0.25) is 0 Å². The Morgan fingerprint density at radius 1 is 1.31 bits per heavy atom. The number of para-hydroxylation sites is 1. The first kappa shape index (κ1) is 11.1. The Hall–Kier alpha value is -1.35. The zero-order chi connectivity index (χ0) is 11.5. The van der Waals surface area contributed by atoms with Gasteiger partial charge in [-0.05, 0) is 47.9 Å². The van der Waals surface area contributed by atoms with Crippen LogP contribution in [0.25, 0.3) is 0 Å². The Morgan fingerprint density at radius 2 is 2.12 bits per heavy atom. The Morgan fingerprint density at radius 3 is 2.75 bits per heavy atom. The summed E-state index contributed by atoms with van der Waals surface area (Å²) < 4.78 is 13.6. The fourth-order valence-corrected chi connectivity index (χ4v) is 2.39. The van der Waals surface area contributed by atoms with Crippen LogP contribution in [0.4, 0.5) is 10.1 Å². The zero-order valence-corrected chi connectivity index (χ0v) is 10.1. The average molecular weight is 235 g/mol. The lowest BCUT2D eigenvalue weighted by Crippen LogP contribution is -2.08. The van der Waals surface area contributed by atoms with Gasteiger partial charge in [0.25, 0.3) is 0 Å². The molecule has 2 rings (SSSR count). The van der Waals surface area contributed by atoms with Crippen molar-refractivity contribution < 1.29 is 4.39 Å². The molecular weight excluding hydrogens is 221 g/mol. The van der Waals surface area contributed by atoms with Gasteiger partial charge in [0, 0.05) is 6.04 Å². The minimum Gasteiger partial charge on any atom is -0.376 e. The lowest BCUT2D eigenvalue weighted by atomic mass is 10.1. The van der Waals surface area contributed by atoms with E-state index in [0.29, 0.717) is 5.69 Å². The predicted octanol–water partition coefficient (Wildman–Crippen LogP) is 4.37. The monoisotopic (exact) mass is 235 g/mol. The SMILES string of the molecule is Cc1cccc(F)c1NC(C)c1ccsc1. The van der Waals surface area contributed by atoms with Crippen LogP contribution in [-0.4, -0.2) is 0 Å². The fourth-order valence-electron chi connectivity index (χ4n) is 1.64. The summed E-state index contributed by atoms with van der Waals surface area (Å²) in [6.07, 6.45) is 0. The maximum atomic E-state index is 13.6. The number of hydrogen-bond donors (Lipinski definition) is 1. The number of thiophene rings is 1. The first-order valence-electron chi connectivity index (χ1n) is 5.22. The van der Waals surface area contributed by atoms with Crippen LogP contribution in [-0.2, 0) is 0 Å². The molecule has 0 fully saturated rings. The summed E-state index contributed by atoms with van der Waals surface area (Å²) in [6.45, 7) is 3.94. The number of hydrogen-bond acceptors (Lipinski definition) is 2. The van der Waals surface area contributed by atoms with Gasteiger partial charge in [-0.1, -0.05) is 12.1 Å². The van der Waals surface area contributed by atoms with E-state index >= 15 is 0 Å². The molecule has 1 unspecified atom stereocenters. The van der Waals surface area contributed by atoms with Crippen LogP contribution in [0.5, 0.6) is 0 Å². The van der Waals surface area contributed by atoms with Crippen LogP contribution < -0.4 is 5.32 Å². The van der Waals surface area contributed by atoms with Crippen molar-refractivity contribution in [3.05, 3.63) is 52.0 Å². The van der Waals surface area contributed by atoms with Gasteiger partial charge in [-0.25, -0.2) is 4.39 Å². The molecule has 0 saturated heterocycles. The van der Waals surface area contributed by atoms with Gasteiger partial charge in [0.05, 0.1) is 5.69 Å². The van der Waals surface area contributed by atoms with Crippen LogP contribution in [0.15, 0.2) is 35.0 Å². The molecule has 0 bridgehead atoms. The molecule has 2 aromatic rings. The maximum Gasteiger partial charge on any atom is 0.146 e. The van der Waals surface area contributed by atoms with E-state index in [9.17, 15) is 4.39 Å². The second-order valence-corrected chi connectivity index (χ2v) is 4.63. The van der Waals surface area contributed by atoms with Crippen LogP contribution in [0.3, 0.4) is 0 Å². The van der Waals surface area contributed by atoms with Gasteiger partial charge < -0.3 is 5.32 Å². The lowest BCUT2D eigenvalue weighted by molar-refractivity contribution is 0.626. The van der Waals surface area contributed by atoms with Crippen LogP contribution in [0.2, 0.25) is 0 Å². The average Bonchev–Trinajstić information content (AvgIpc) is 2.76. The molecule has 0 radical (unpaired) electrons. The van der Waals surface area contributed by atoms with Crippen molar-refractivity contribution in [2.24, 2.45) is 0 Å². The molecule has 3 heteroatoms. The fraction of sp³-hybridized carbons (Fsp3) is 0.231. The van der Waals surface area contributed by atoms with E-state index in [1.165, 1.54) is 11.6 Å². The van der Waals surface area contributed by atoms with Crippen molar-refractivity contribution in [1.82, 2.24) is 0 Å². The van der Waals surface area contributed by atoms with Crippen molar-refractivity contribution in [2.45, 2.75) is 19.9 Å². The van der Waals surface area contributed by atoms with E-state index in [1.807, 2.05) is 25.3 Å². The summed E-state index contributed by atoms with van der Waals surface area (Å²) in [5.74, 6) is -0.193. The molecule has 1 nitrogen and oxygen atoms in total. The van der Waals surface area contributed by atoms with E-state index in [0.717, 1.165) is 5.56 Å². The molecule has 16 heavy (non-hydrogen) atoms. The third-order valence-corrected chi connectivity index (χ3v) is 3.33. The molecule has 1 aromatic heterocycles. The minimum atomic E-state index is -0.193. The van der Waals surface area contributed by atoms with Gasteiger partial charge in [-0.15, -0.1) is 0 Å². The van der Waals surface area contributed by atoms with E-state index in [4.69, 9.17) is 0 Å². The van der Waals surface area contributed by atoms with E-state index in [2.05, 4.69) is 16.8 Å². The van der Waals surface area contributed by atoms with Crippen molar-refractivity contribution in [3.63, 3.8) is 0 Å². The Bertz CT molecular complexity index is 445. The summed E-state index contributed by atoms with van der Waals surface area (Å²) in [5.41, 5.74) is 2.72. The smallest absolute Gasteiger partial charge is 0.146 e. The number of anilines is 1. The van der Waals surface area contributed by atoms with Gasteiger partial charge in [-0.2, -0.15) is 11.3 Å². The van der Waals surface area contributed by atoms with Gasteiger partial charge in [0.1, 0.15) is 5.82 Å². The normalized spacial score (nSPS) is 12.4. The van der Waals surface area contributed by atoms with Crippen LogP contribution >= 0.6 is 11.3 Å². The predicted molar refractivity (Wildman–Crippen MR) is 67.5 cm³/mol. The molecular formula is C13H14FNS. The quantitative estimate of drug-likeness (QED) is 0.833. The maximum absolute atomic E-state index is 13.6. The molecule has 0 amide bonds. The Kier molecular flexibility index (Phi) is 3.25. The molecule has 1 heterocycles. The van der Waals surface area contributed by atoms with Gasteiger partial charge >= 0.3 is 0 Å². The van der Waals surface area contributed by atoms with E-state index < -0.39 is 0 Å². The molecule has 0 aliphatic carbocycles. The molecule has 84 valence electrons. The van der Waals surface area contributed by atoms with E-state index in [-0.39, 0.29) is 11.9 Å². The highest BCUT2D eigenvalue weighted by Gasteiger charge is 2.10. The second-order valence-electron chi connectivity index (χ2n) is 3.85. The highest BCUT2D eigenvalue weighted by Crippen LogP contribution is 2.25. The zero-order valence-electron chi connectivity index (χ0n) is 9.33. The lowest BCUT2D eigenvalue weighted by Gasteiger charge is -2.16. The summed E-state index contributed by atoms with van der Waals surface area (Å²) in [6, 6.07) is 7.30. The van der Waals surface area contributed by atoms with E-state index in [1.54, 1.807) is 17.4 Å². The second kappa shape index (κ2) is 4.66. The standard InChI is InChI=1S/C13H14FNS/c1-9-4-3-5-12(14)13(9)15-10(2)11-6-7-16-8-11/h3-8,10,15H,1-2H3. The first-order chi connectivity index (χ1) is 7.68. The van der Waals surface area contributed by atoms with Crippen LogP contribution in [0.1, 0.15) is 24.1 Å². The van der Waals surface area contributed by atoms with Crippen molar-refractivity contribution >= 4 is 17.0 Å². The molecule has 0 aliphatic heterocycles. The largest absolute Gasteiger partial charge is 0.376 e. The van der Waals surface area contributed by atoms with Crippen molar-refractivity contribution in [3.8, 4) is 0 Å². The van der Waals surface area contributed by atoms with Crippen molar-refractivity contribution in [2.75, 3.05) is 5.32 Å². The number of benzene rings is 1. The summed E-state index contributed by atoms with van der Waals surface area (Å²) in [7, 11) is 0. The Labute approximate surface area is 98.9 Å². The molecule has 1 aromatic carbocycles. The van der Waals surface area contributed by atoms with Crippen LogP contribution in [0, 0.1) is 12.7 Å². The molecule has 0 aliphatic rings. The summed E-state index contributed by atoms with van der Waals surface area (Å²) >= 11 is 1.65. The molecule has 1 atom stereocenters. The Balaban J connectivity index is 2.21. The number of aryl methyl sites for hydroxylation is 1. The topological polar surface area (TPSA) is 12.0 Å². The first-order valence-corrected chi connectivity index (χ1v) is 6.16. The third-order valence-electron chi connectivity index (χ3n) is 2.63. The summed E-state index contributed by atoms with van der Waals surface area (Å²) in [5, 5.41) is 7.32. The molecule has 0 spiro atoms. The highest BCUT2D eigenvalue weighted by molar-refractivity contribution is 7.07. The number of nitrogens with one attached hydrogen (secondary N) is 1. The van der Waals surface area contributed by atoms with Gasteiger partial charge in [-0.3, -0.25) is 0 Å². The third kappa shape index (κ3) is 2.25. The van der Waals surface area contributed by atoms with Gasteiger partial charge in [0.15, 0.2) is 0 Å². The summed E-state index contributed by atoms with van der Waals surface area (Å²) in [4.78, 5) is 0. The minimum absolute atomic E-state index is 0.127. The highest BCUT2D eigenvalue weighted by atomic mass is 32.1. The molecule has 1 N–H and O–H groups in total.